The van der Waals surface area contributed by atoms with Crippen LogP contribution < -0.4 is 10.6 Å². The molecule has 0 unspecified atom stereocenters. The highest BCUT2D eigenvalue weighted by molar-refractivity contribution is 5.74. The summed E-state index contributed by atoms with van der Waals surface area (Å²) in [4.78, 5) is 12.1. The van der Waals surface area contributed by atoms with E-state index in [-0.39, 0.29) is 12.1 Å². The van der Waals surface area contributed by atoms with E-state index in [1.807, 2.05) is 6.92 Å². The minimum absolute atomic E-state index is 0.0376. The van der Waals surface area contributed by atoms with Gasteiger partial charge in [0.1, 0.15) is 0 Å². The molecule has 2 rings (SSSR count). The van der Waals surface area contributed by atoms with Gasteiger partial charge in [0.15, 0.2) is 0 Å². The number of aryl methyl sites for hydroxylation is 2. The summed E-state index contributed by atoms with van der Waals surface area (Å²) in [6, 6.07) is 6.72. The Bertz CT molecular complexity index is 464. The monoisotopic (exact) mass is 274 g/mol. The van der Waals surface area contributed by atoms with Gasteiger partial charge in [-0.05, 0) is 44.7 Å². The van der Waals surface area contributed by atoms with Crippen LogP contribution in [0.4, 0.5) is 4.79 Å². The molecule has 0 aromatic heterocycles. The largest absolute Gasteiger partial charge is 0.335 e. The SMILES string of the molecule is Cc1ccc([C@@H](C)NC(=O)NC2CCCCC2)c(C)c1. The Labute approximate surface area is 122 Å². The zero-order valence-electron chi connectivity index (χ0n) is 12.8. The number of carbonyl (C=O) groups is 1. The summed E-state index contributed by atoms with van der Waals surface area (Å²) in [5.41, 5.74) is 3.68. The highest BCUT2D eigenvalue weighted by Crippen LogP contribution is 2.19. The first kappa shape index (κ1) is 14.9. The molecule has 0 heterocycles. The third kappa shape index (κ3) is 3.99. The molecule has 3 heteroatoms. The van der Waals surface area contributed by atoms with Crippen LogP contribution >= 0.6 is 0 Å². The lowest BCUT2D eigenvalue weighted by Crippen LogP contribution is -2.43. The summed E-state index contributed by atoms with van der Waals surface area (Å²) in [5, 5.41) is 6.15. The Morgan fingerprint density at radius 2 is 1.90 bits per heavy atom. The minimum Gasteiger partial charge on any atom is -0.335 e. The highest BCUT2D eigenvalue weighted by atomic mass is 16.2. The van der Waals surface area contributed by atoms with Crippen LogP contribution in [0.15, 0.2) is 18.2 Å². The summed E-state index contributed by atoms with van der Waals surface area (Å²) < 4.78 is 0. The van der Waals surface area contributed by atoms with Crippen molar-refractivity contribution < 1.29 is 4.79 Å². The average molecular weight is 274 g/mol. The average Bonchev–Trinajstić information content (AvgIpc) is 2.39. The number of amides is 2. The van der Waals surface area contributed by atoms with Crippen molar-refractivity contribution in [2.24, 2.45) is 0 Å². The Morgan fingerprint density at radius 1 is 1.20 bits per heavy atom. The molecule has 2 amide bonds. The van der Waals surface area contributed by atoms with Crippen LogP contribution in [0, 0.1) is 13.8 Å². The van der Waals surface area contributed by atoms with Crippen molar-refractivity contribution in [3.8, 4) is 0 Å². The maximum absolute atomic E-state index is 12.1. The third-order valence-corrected chi connectivity index (χ3v) is 4.18. The van der Waals surface area contributed by atoms with Crippen molar-refractivity contribution in [2.75, 3.05) is 0 Å². The van der Waals surface area contributed by atoms with Gasteiger partial charge in [-0.15, -0.1) is 0 Å². The van der Waals surface area contributed by atoms with E-state index < -0.39 is 0 Å². The maximum Gasteiger partial charge on any atom is 0.315 e. The predicted octanol–water partition coefficient (Wildman–Crippen LogP) is 4.00. The van der Waals surface area contributed by atoms with Gasteiger partial charge in [-0.3, -0.25) is 0 Å². The van der Waals surface area contributed by atoms with Gasteiger partial charge in [0.05, 0.1) is 6.04 Å². The lowest BCUT2D eigenvalue weighted by Gasteiger charge is -2.24. The van der Waals surface area contributed by atoms with Crippen LogP contribution in [0.1, 0.15) is 61.8 Å². The van der Waals surface area contributed by atoms with E-state index in [4.69, 9.17) is 0 Å². The molecule has 1 aromatic carbocycles. The summed E-state index contributed by atoms with van der Waals surface area (Å²) in [6.45, 7) is 6.22. The number of hydrogen-bond acceptors (Lipinski definition) is 1. The molecule has 1 aliphatic rings. The molecule has 0 radical (unpaired) electrons. The Kier molecular flexibility index (Phi) is 5.05. The highest BCUT2D eigenvalue weighted by Gasteiger charge is 2.17. The van der Waals surface area contributed by atoms with Gasteiger partial charge in [0.2, 0.25) is 0 Å². The topological polar surface area (TPSA) is 41.1 Å². The van der Waals surface area contributed by atoms with Crippen molar-refractivity contribution in [1.82, 2.24) is 10.6 Å². The van der Waals surface area contributed by atoms with Crippen LogP contribution in [-0.2, 0) is 0 Å². The first-order valence-electron chi connectivity index (χ1n) is 7.70. The predicted molar refractivity (Wildman–Crippen MR) is 82.9 cm³/mol. The molecule has 3 nitrogen and oxygen atoms in total. The number of rotatable bonds is 3. The molecule has 0 bridgehead atoms. The lowest BCUT2D eigenvalue weighted by molar-refractivity contribution is 0.229. The fourth-order valence-electron chi connectivity index (χ4n) is 3.06. The zero-order chi connectivity index (χ0) is 14.5. The standard InChI is InChI=1S/C17H26N2O/c1-12-9-10-16(13(2)11-12)14(3)18-17(20)19-15-7-5-4-6-8-15/h9-11,14-15H,4-8H2,1-3H3,(H2,18,19,20)/t14-/m1/s1. The molecule has 1 aliphatic carbocycles. The molecular formula is C17H26N2O. The van der Waals surface area contributed by atoms with Gasteiger partial charge < -0.3 is 10.6 Å². The van der Waals surface area contributed by atoms with E-state index in [9.17, 15) is 4.79 Å². The first-order chi connectivity index (χ1) is 9.56. The van der Waals surface area contributed by atoms with E-state index in [1.165, 1.54) is 36.0 Å². The van der Waals surface area contributed by atoms with Crippen LogP contribution in [-0.4, -0.2) is 12.1 Å². The van der Waals surface area contributed by atoms with Crippen molar-refractivity contribution in [1.29, 1.82) is 0 Å². The smallest absolute Gasteiger partial charge is 0.315 e. The van der Waals surface area contributed by atoms with E-state index in [0.717, 1.165) is 12.8 Å². The molecule has 0 aliphatic heterocycles. The Balaban J connectivity index is 1.89. The summed E-state index contributed by atoms with van der Waals surface area (Å²) in [6.07, 6.45) is 6.00. The molecule has 0 saturated heterocycles. The quantitative estimate of drug-likeness (QED) is 0.859. The first-order valence-corrected chi connectivity index (χ1v) is 7.70. The molecular weight excluding hydrogens is 248 g/mol. The van der Waals surface area contributed by atoms with Crippen molar-refractivity contribution in [3.63, 3.8) is 0 Å². The molecule has 110 valence electrons. The van der Waals surface area contributed by atoms with Crippen molar-refractivity contribution in [3.05, 3.63) is 34.9 Å². The van der Waals surface area contributed by atoms with Gasteiger partial charge in [-0.1, -0.05) is 43.0 Å². The summed E-state index contributed by atoms with van der Waals surface area (Å²) >= 11 is 0. The number of carbonyl (C=O) groups excluding carboxylic acids is 1. The van der Waals surface area contributed by atoms with E-state index >= 15 is 0 Å². The fourth-order valence-corrected chi connectivity index (χ4v) is 3.06. The number of benzene rings is 1. The minimum atomic E-state index is -0.0376. The second-order valence-electron chi connectivity index (χ2n) is 6.03. The van der Waals surface area contributed by atoms with Gasteiger partial charge in [-0.2, -0.15) is 0 Å². The molecule has 2 N–H and O–H groups in total. The molecule has 1 aromatic rings. The van der Waals surface area contributed by atoms with Crippen LogP contribution in [0.2, 0.25) is 0 Å². The van der Waals surface area contributed by atoms with Crippen LogP contribution in [0.5, 0.6) is 0 Å². The van der Waals surface area contributed by atoms with Crippen molar-refractivity contribution >= 4 is 6.03 Å². The summed E-state index contributed by atoms with van der Waals surface area (Å²) in [7, 11) is 0. The molecule has 0 spiro atoms. The molecule has 1 saturated carbocycles. The van der Waals surface area contributed by atoms with Gasteiger partial charge in [0.25, 0.3) is 0 Å². The molecule has 20 heavy (non-hydrogen) atoms. The van der Waals surface area contributed by atoms with Crippen LogP contribution in [0.25, 0.3) is 0 Å². The molecule has 1 atom stereocenters. The number of urea groups is 1. The fraction of sp³-hybridized carbons (Fsp3) is 0.588. The van der Waals surface area contributed by atoms with Crippen molar-refractivity contribution in [2.45, 2.75) is 65.0 Å². The number of nitrogens with one attached hydrogen (secondary N) is 2. The lowest BCUT2D eigenvalue weighted by atomic mass is 9.96. The maximum atomic E-state index is 12.1. The normalized spacial score (nSPS) is 17.6. The second-order valence-corrected chi connectivity index (χ2v) is 6.03. The van der Waals surface area contributed by atoms with E-state index in [1.54, 1.807) is 0 Å². The van der Waals surface area contributed by atoms with E-state index in [2.05, 4.69) is 42.7 Å². The van der Waals surface area contributed by atoms with Gasteiger partial charge >= 0.3 is 6.03 Å². The summed E-state index contributed by atoms with van der Waals surface area (Å²) in [5.74, 6) is 0. The number of hydrogen-bond donors (Lipinski definition) is 2. The third-order valence-electron chi connectivity index (χ3n) is 4.18. The van der Waals surface area contributed by atoms with Crippen LogP contribution in [0.3, 0.4) is 0 Å². The Hall–Kier alpha value is -1.51. The van der Waals surface area contributed by atoms with Gasteiger partial charge in [-0.25, -0.2) is 4.79 Å². The Morgan fingerprint density at radius 3 is 2.55 bits per heavy atom. The second kappa shape index (κ2) is 6.78. The van der Waals surface area contributed by atoms with E-state index in [0.29, 0.717) is 6.04 Å². The van der Waals surface area contributed by atoms with Gasteiger partial charge in [0, 0.05) is 6.04 Å². The zero-order valence-corrected chi connectivity index (χ0v) is 12.8. The molecule has 1 fully saturated rings.